The first-order valence-electron chi connectivity index (χ1n) is 12.5. The van der Waals surface area contributed by atoms with Crippen LogP contribution in [0, 0.1) is 0 Å². The summed E-state index contributed by atoms with van der Waals surface area (Å²) in [5, 5.41) is 2.68. The molecule has 35 heavy (non-hydrogen) atoms. The molecular formula is C33H24BN. The van der Waals surface area contributed by atoms with E-state index in [1.54, 1.807) is 0 Å². The van der Waals surface area contributed by atoms with E-state index in [0.29, 0.717) is 0 Å². The Bertz CT molecular complexity index is 1820. The summed E-state index contributed by atoms with van der Waals surface area (Å²) < 4.78 is 2.53. The van der Waals surface area contributed by atoms with Gasteiger partial charge in [-0.1, -0.05) is 116 Å². The maximum atomic E-state index is 2.53. The molecule has 0 spiro atoms. The molecule has 1 nitrogen and oxygen atoms in total. The molecule has 0 bridgehead atoms. The van der Waals surface area contributed by atoms with Crippen LogP contribution in [0.1, 0.15) is 25.0 Å². The van der Waals surface area contributed by atoms with Crippen molar-refractivity contribution in [1.29, 1.82) is 0 Å². The lowest BCUT2D eigenvalue weighted by molar-refractivity contribution is 0.647. The van der Waals surface area contributed by atoms with Crippen LogP contribution in [0.15, 0.2) is 109 Å². The van der Waals surface area contributed by atoms with Gasteiger partial charge in [0, 0.05) is 27.4 Å². The van der Waals surface area contributed by atoms with Gasteiger partial charge < -0.3 is 4.57 Å². The predicted molar refractivity (Wildman–Crippen MR) is 149 cm³/mol. The molecule has 2 heteroatoms. The highest BCUT2D eigenvalue weighted by molar-refractivity contribution is 6.99. The van der Waals surface area contributed by atoms with Crippen molar-refractivity contribution in [3.63, 3.8) is 0 Å². The zero-order valence-corrected chi connectivity index (χ0v) is 19.9. The molecule has 0 fully saturated rings. The summed E-state index contributed by atoms with van der Waals surface area (Å²) in [4.78, 5) is 0. The molecule has 0 N–H and O–H groups in total. The van der Waals surface area contributed by atoms with E-state index in [1.807, 2.05) is 0 Å². The van der Waals surface area contributed by atoms with Crippen LogP contribution < -0.4 is 16.4 Å². The Labute approximate surface area is 205 Å². The molecule has 0 amide bonds. The van der Waals surface area contributed by atoms with Crippen LogP contribution in [0.5, 0.6) is 0 Å². The maximum absolute atomic E-state index is 2.53. The number of hydrogen-bond donors (Lipinski definition) is 0. The summed E-state index contributed by atoms with van der Waals surface area (Å²) in [5.74, 6) is 0. The summed E-state index contributed by atoms with van der Waals surface area (Å²) in [6.07, 6.45) is 0. The Balaban J connectivity index is 1.57. The number of para-hydroxylation sites is 2. The topological polar surface area (TPSA) is 4.93 Å². The second-order valence-electron chi connectivity index (χ2n) is 10.5. The molecule has 0 radical (unpaired) electrons. The lowest BCUT2D eigenvalue weighted by Crippen LogP contribution is -2.63. The Morgan fingerprint density at radius 1 is 0.629 bits per heavy atom. The number of rotatable bonds is 1. The van der Waals surface area contributed by atoms with E-state index < -0.39 is 0 Å². The van der Waals surface area contributed by atoms with Gasteiger partial charge in [0.2, 0.25) is 6.71 Å². The highest BCUT2D eigenvalue weighted by Crippen LogP contribution is 2.42. The Morgan fingerprint density at radius 2 is 1.34 bits per heavy atom. The van der Waals surface area contributed by atoms with Gasteiger partial charge >= 0.3 is 0 Å². The summed E-state index contributed by atoms with van der Waals surface area (Å²) >= 11 is 0. The molecule has 1 aromatic heterocycles. The molecule has 0 saturated heterocycles. The van der Waals surface area contributed by atoms with Gasteiger partial charge in [-0.3, -0.25) is 0 Å². The minimum atomic E-state index is -0.113. The van der Waals surface area contributed by atoms with E-state index in [1.165, 1.54) is 66.1 Å². The van der Waals surface area contributed by atoms with Crippen LogP contribution in [0.4, 0.5) is 0 Å². The van der Waals surface area contributed by atoms with Crippen LogP contribution in [-0.4, -0.2) is 11.3 Å². The van der Waals surface area contributed by atoms with Crippen molar-refractivity contribution in [2.24, 2.45) is 0 Å². The predicted octanol–water partition coefficient (Wildman–Crippen LogP) is 5.92. The summed E-state index contributed by atoms with van der Waals surface area (Å²) in [7, 11) is 0. The third-order valence-electron chi connectivity index (χ3n) is 8.44. The van der Waals surface area contributed by atoms with Gasteiger partial charge in [0.05, 0.1) is 5.52 Å². The normalized spacial score (nSPS) is 14.7. The van der Waals surface area contributed by atoms with Gasteiger partial charge in [-0.15, -0.1) is 0 Å². The monoisotopic (exact) mass is 445 g/mol. The zero-order chi connectivity index (χ0) is 23.3. The standard InChI is InChI=1S/C33H24BN/c1-33(2)25-16-10-20-29-31(25)34(26-17-8-14-22(30(26)33)21-11-4-3-5-12-21)27-18-9-15-24-23-13-6-7-19-28(23)35(29)32(24)27/h3-20H,1-2H3. The first-order valence-corrected chi connectivity index (χ1v) is 12.5. The average molecular weight is 445 g/mol. The number of benzene rings is 5. The average Bonchev–Trinajstić information content (AvgIpc) is 3.24. The van der Waals surface area contributed by atoms with E-state index in [2.05, 4.69) is 128 Å². The van der Waals surface area contributed by atoms with E-state index in [0.717, 1.165) is 0 Å². The number of nitrogens with zero attached hydrogens (tertiary/aromatic N) is 1. The van der Waals surface area contributed by atoms with Crippen molar-refractivity contribution >= 4 is 44.9 Å². The van der Waals surface area contributed by atoms with Crippen LogP contribution in [-0.2, 0) is 5.41 Å². The van der Waals surface area contributed by atoms with E-state index in [9.17, 15) is 0 Å². The third-order valence-corrected chi connectivity index (χ3v) is 8.44. The van der Waals surface area contributed by atoms with E-state index in [-0.39, 0.29) is 12.1 Å². The van der Waals surface area contributed by atoms with Crippen LogP contribution in [0.3, 0.4) is 0 Å². The Kier molecular flexibility index (Phi) is 3.61. The Morgan fingerprint density at radius 3 is 2.23 bits per heavy atom. The van der Waals surface area contributed by atoms with Crippen LogP contribution >= 0.6 is 0 Å². The zero-order valence-electron chi connectivity index (χ0n) is 19.9. The summed E-state index contributed by atoms with van der Waals surface area (Å²) in [6, 6.07) is 40.6. The van der Waals surface area contributed by atoms with Gasteiger partial charge in [-0.25, -0.2) is 0 Å². The van der Waals surface area contributed by atoms with Gasteiger partial charge in [0.15, 0.2) is 0 Å². The molecule has 0 unspecified atom stereocenters. The highest BCUT2D eigenvalue weighted by Gasteiger charge is 2.45. The fourth-order valence-electron chi connectivity index (χ4n) is 7.10. The van der Waals surface area contributed by atoms with Crippen molar-refractivity contribution in [3.8, 4) is 16.8 Å². The minimum absolute atomic E-state index is 0.113. The van der Waals surface area contributed by atoms with Crippen molar-refractivity contribution in [2.75, 3.05) is 0 Å². The lowest BCUT2D eigenvalue weighted by Gasteiger charge is -2.43. The highest BCUT2D eigenvalue weighted by atomic mass is 15.0. The molecule has 6 aromatic rings. The lowest BCUT2D eigenvalue weighted by atomic mass is 9.30. The largest absolute Gasteiger partial charge is 0.310 e. The smallest absolute Gasteiger partial charge is 0.247 e. The maximum Gasteiger partial charge on any atom is 0.247 e. The summed E-state index contributed by atoms with van der Waals surface area (Å²) in [6.45, 7) is 5.05. The van der Waals surface area contributed by atoms with Gasteiger partial charge in [0.1, 0.15) is 0 Å². The number of aromatic nitrogens is 1. The molecule has 0 saturated carbocycles. The quantitative estimate of drug-likeness (QED) is 0.277. The van der Waals surface area contributed by atoms with Crippen molar-refractivity contribution in [3.05, 3.63) is 120 Å². The van der Waals surface area contributed by atoms with E-state index in [4.69, 9.17) is 0 Å². The van der Waals surface area contributed by atoms with E-state index >= 15 is 0 Å². The second-order valence-corrected chi connectivity index (χ2v) is 10.5. The second kappa shape index (κ2) is 6.55. The van der Waals surface area contributed by atoms with Gasteiger partial charge in [-0.2, -0.15) is 0 Å². The fraction of sp³-hybridized carbons (Fsp3) is 0.0909. The number of hydrogen-bond acceptors (Lipinski definition) is 0. The molecule has 2 aliphatic rings. The molecule has 164 valence electrons. The first kappa shape index (κ1) is 19.3. The van der Waals surface area contributed by atoms with Gasteiger partial charge in [-0.05, 0) is 45.3 Å². The van der Waals surface area contributed by atoms with Crippen molar-refractivity contribution < 1.29 is 0 Å². The van der Waals surface area contributed by atoms with Crippen molar-refractivity contribution in [1.82, 2.24) is 4.57 Å². The summed E-state index contributed by atoms with van der Waals surface area (Å²) in [5.41, 5.74) is 13.8. The molecule has 3 heterocycles. The Hall–Kier alpha value is -4.04. The molecule has 2 aliphatic heterocycles. The molecule has 5 aromatic carbocycles. The molecule has 8 rings (SSSR count). The SMILES string of the molecule is CC1(C)c2cccc3c2B(c2cccc(-c4ccccc4)c21)c1cccc2c4ccccc4n-3c12. The fourth-order valence-corrected chi connectivity index (χ4v) is 7.10. The molecule has 0 atom stereocenters. The van der Waals surface area contributed by atoms with Gasteiger partial charge in [0.25, 0.3) is 0 Å². The van der Waals surface area contributed by atoms with Crippen molar-refractivity contribution in [2.45, 2.75) is 19.3 Å². The molecular weight excluding hydrogens is 421 g/mol. The minimum Gasteiger partial charge on any atom is -0.310 e. The number of fused-ring (bicyclic) bond motifs is 7. The first-order chi connectivity index (χ1) is 17.2. The molecule has 0 aliphatic carbocycles. The van der Waals surface area contributed by atoms with Crippen LogP contribution in [0.2, 0.25) is 0 Å². The third kappa shape index (κ3) is 2.30. The van der Waals surface area contributed by atoms with Crippen LogP contribution in [0.25, 0.3) is 38.6 Å².